The van der Waals surface area contributed by atoms with Crippen LogP contribution in [0.2, 0.25) is 0 Å². The molecule has 3 atom stereocenters. The van der Waals surface area contributed by atoms with Gasteiger partial charge in [0.1, 0.15) is 0 Å². The lowest BCUT2D eigenvalue weighted by atomic mass is 9.54. The Labute approximate surface area is 157 Å². The summed E-state index contributed by atoms with van der Waals surface area (Å²) in [7, 11) is 0. The molecule has 3 bridgehead atoms. The highest BCUT2D eigenvalue weighted by atomic mass is 19.4. The smallest absolute Gasteiger partial charge is 0.370 e. The summed E-state index contributed by atoms with van der Waals surface area (Å²) in [4.78, 5) is 16.6. The molecule has 146 valence electrons. The number of halogens is 4. The lowest BCUT2D eigenvalue weighted by molar-refractivity contribution is -0.137. The molecule has 6 rings (SSSR count). The van der Waals surface area contributed by atoms with Crippen LogP contribution < -0.4 is 5.32 Å². The van der Waals surface area contributed by atoms with Gasteiger partial charge >= 0.3 is 6.18 Å². The molecule has 4 fully saturated rings. The van der Waals surface area contributed by atoms with Gasteiger partial charge in [-0.25, -0.2) is 4.98 Å². The van der Waals surface area contributed by atoms with E-state index in [0.29, 0.717) is 11.5 Å². The van der Waals surface area contributed by atoms with E-state index in [1.165, 1.54) is 24.4 Å². The Morgan fingerprint density at radius 1 is 1.21 bits per heavy atom. The third-order valence-corrected chi connectivity index (χ3v) is 6.21. The Bertz CT molecular complexity index is 955. The molecular formula is C20H16F4N2O2. The van der Waals surface area contributed by atoms with Crippen LogP contribution in [0.25, 0.3) is 0 Å². The van der Waals surface area contributed by atoms with E-state index in [-0.39, 0.29) is 17.7 Å². The van der Waals surface area contributed by atoms with Gasteiger partial charge < -0.3 is 10.1 Å². The molecule has 3 aliphatic heterocycles. The molecule has 1 aromatic heterocycles. The maximum absolute atomic E-state index is 13.6. The molecule has 8 heteroatoms. The van der Waals surface area contributed by atoms with E-state index in [0.717, 1.165) is 25.0 Å². The zero-order valence-electron chi connectivity index (χ0n) is 14.5. The second kappa shape index (κ2) is 5.76. The van der Waals surface area contributed by atoms with Gasteiger partial charge in [-0.3, -0.25) is 4.79 Å². The maximum Gasteiger partial charge on any atom is 0.416 e. The third-order valence-electron chi connectivity index (χ3n) is 6.21. The number of rotatable bonds is 3. The number of hydrogen-bond donors (Lipinski definition) is 1. The first-order valence-corrected chi connectivity index (χ1v) is 9.04. The van der Waals surface area contributed by atoms with Gasteiger partial charge in [0.2, 0.25) is 11.9 Å². The lowest BCUT2D eigenvalue weighted by Gasteiger charge is -2.47. The van der Waals surface area contributed by atoms with Crippen molar-refractivity contribution in [2.45, 2.75) is 36.6 Å². The van der Waals surface area contributed by atoms with E-state index >= 15 is 0 Å². The van der Waals surface area contributed by atoms with Crippen molar-refractivity contribution >= 4 is 11.6 Å². The summed E-state index contributed by atoms with van der Waals surface area (Å²) in [5, 5.41) is 2.62. The Morgan fingerprint density at radius 2 is 2.00 bits per heavy atom. The number of carbonyl (C=O) groups is 1. The van der Waals surface area contributed by atoms with Crippen molar-refractivity contribution in [1.82, 2.24) is 4.98 Å². The summed E-state index contributed by atoms with van der Waals surface area (Å²) in [6, 6.07) is 7.50. The number of benzene rings is 1. The number of nitrogens with zero attached hydrogens (tertiary/aromatic N) is 1. The largest absolute Gasteiger partial charge is 0.416 e. The highest BCUT2D eigenvalue weighted by Crippen LogP contribution is 2.68. The molecule has 4 heterocycles. The predicted octanol–water partition coefficient (Wildman–Crippen LogP) is 4.14. The second-order valence-electron chi connectivity index (χ2n) is 7.80. The number of hydrogen-bond acceptors (Lipinski definition) is 3. The van der Waals surface area contributed by atoms with Crippen molar-refractivity contribution in [3.63, 3.8) is 0 Å². The van der Waals surface area contributed by atoms with Crippen molar-refractivity contribution in [2.24, 2.45) is 11.8 Å². The van der Waals surface area contributed by atoms with Crippen LogP contribution >= 0.6 is 0 Å². The highest BCUT2D eigenvalue weighted by molar-refractivity contribution is 5.95. The number of anilines is 1. The Hall–Kier alpha value is -2.48. The molecule has 4 aliphatic rings. The molecule has 2 aromatic rings. The molecule has 1 aliphatic carbocycles. The van der Waals surface area contributed by atoms with Gasteiger partial charge in [0.05, 0.1) is 23.2 Å². The first kappa shape index (κ1) is 17.6. The topological polar surface area (TPSA) is 51.2 Å². The summed E-state index contributed by atoms with van der Waals surface area (Å²) in [5.41, 5.74) is -0.725. The van der Waals surface area contributed by atoms with E-state index in [2.05, 4.69) is 10.3 Å². The number of carbonyl (C=O) groups excluding carboxylic acids is 1. The molecule has 1 spiro atoms. The van der Waals surface area contributed by atoms with Gasteiger partial charge in [-0.2, -0.15) is 17.6 Å². The number of alkyl halides is 3. The van der Waals surface area contributed by atoms with Crippen LogP contribution in [0, 0.1) is 17.8 Å². The fourth-order valence-corrected chi connectivity index (χ4v) is 5.14. The Kier molecular flexibility index (Phi) is 3.62. The van der Waals surface area contributed by atoms with Gasteiger partial charge in [-0.15, -0.1) is 0 Å². The van der Waals surface area contributed by atoms with Gasteiger partial charge in [0, 0.05) is 17.8 Å². The van der Waals surface area contributed by atoms with Gasteiger partial charge in [0.25, 0.3) is 0 Å². The van der Waals surface area contributed by atoms with Gasteiger partial charge in [-0.05, 0) is 54.7 Å². The summed E-state index contributed by atoms with van der Waals surface area (Å²) in [6.45, 7) is 0. The van der Waals surface area contributed by atoms with E-state index in [1.807, 2.05) is 0 Å². The van der Waals surface area contributed by atoms with Crippen LogP contribution in [0.3, 0.4) is 0 Å². The third kappa shape index (κ3) is 2.54. The molecule has 3 saturated heterocycles. The number of amides is 1. The number of pyridine rings is 1. The van der Waals surface area contributed by atoms with Crippen LogP contribution in [0.1, 0.15) is 29.9 Å². The Balaban J connectivity index is 1.45. The summed E-state index contributed by atoms with van der Waals surface area (Å²) < 4.78 is 58.6. The fourth-order valence-electron chi connectivity index (χ4n) is 5.14. The zero-order chi connectivity index (χ0) is 19.7. The fraction of sp³-hybridized carbons (Fsp3) is 0.400. The van der Waals surface area contributed by atoms with Crippen LogP contribution in [0.5, 0.6) is 0 Å². The predicted molar refractivity (Wildman–Crippen MR) is 90.8 cm³/mol. The van der Waals surface area contributed by atoms with Crippen molar-refractivity contribution in [1.29, 1.82) is 0 Å². The molecule has 1 aromatic carbocycles. The van der Waals surface area contributed by atoms with Gasteiger partial charge in [0.15, 0.2) is 0 Å². The molecule has 1 saturated carbocycles. The van der Waals surface area contributed by atoms with Crippen LogP contribution in [0.15, 0.2) is 42.6 Å². The first-order chi connectivity index (χ1) is 13.3. The minimum atomic E-state index is -4.49. The van der Waals surface area contributed by atoms with Crippen LogP contribution in [0.4, 0.5) is 23.2 Å². The minimum Gasteiger partial charge on any atom is -0.370 e. The van der Waals surface area contributed by atoms with Crippen molar-refractivity contribution in [2.75, 3.05) is 5.32 Å². The molecular weight excluding hydrogens is 376 g/mol. The molecule has 0 unspecified atom stereocenters. The minimum absolute atomic E-state index is 0.0783. The number of aromatic nitrogens is 1. The first-order valence-electron chi connectivity index (χ1n) is 9.04. The summed E-state index contributed by atoms with van der Waals surface area (Å²) in [6.07, 6.45) is -1.82. The van der Waals surface area contributed by atoms with Crippen LogP contribution in [-0.2, 0) is 15.7 Å². The van der Waals surface area contributed by atoms with Crippen LogP contribution in [-0.4, -0.2) is 22.6 Å². The lowest BCUT2D eigenvalue weighted by Crippen LogP contribution is -2.54. The maximum atomic E-state index is 13.6. The van der Waals surface area contributed by atoms with E-state index in [1.54, 1.807) is 6.07 Å². The molecule has 4 nitrogen and oxygen atoms in total. The standard InChI is InChI=1S/C20H16F4N2O2/c21-14-6-10(4-5-25-14)15-16(19-8-11(9-19)17(15)28-19)18(27)26-13-3-1-2-12(7-13)20(22,23)24/h1-7,11,15-17H,8-9H2,(H,26,27)/t11-,15-,16+,17+,19-/m1/s1. The van der Waals surface area contributed by atoms with Crippen molar-refractivity contribution in [3.05, 3.63) is 59.7 Å². The monoisotopic (exact) mass is 392 g/mol. The SMILES string of the molecule is O=C(Nc1cccc(C(F)(F)F)c1)[C@@H]1[C@@H](c2ccnc(F)c2)[C@H]2O[C@]13C[C@H]2C3. The molecule has 1 N–H and O–H groups in total. The average molecular weight is 392 g/mol. The Morgan fingerprint density at radius 3 is 2.71 bits per heavy atom. The zero-order valence-corrected chi connectivity index (χ0v) is 14.5. The summed E-state index contributed by atoms with van der Waals surface area (Å²) >= 11 is 0. The second-order valence-corrected chi connectivity index (χ2v) is 7.80. The molecule has 1 amide bonds. The average Bonchev–Trinajstić information content (AvgIpc) is 3.26. The summed E-state index contributed by atoms with van der Waals surface area (Å²) in [5.74, 6) is -1.63. The molecule has 28 heavy (non-hydrogen) atoms. The van der Waals surface area contributed by atoms with E-state index in [9.17, 15) is 22.4 Å². The van der Waals surface area contributed by atoms with Crippen molar-refractivity contribution < 1.29 is 27.1 Å². The number of ether oxygens (including phenoxy) is 1. The highest BCUT2D eigenvalue weighted by Gasteiger charge is 2.73. The van der Waals surface area contributed by atoms with E-state index < -0.39 is 35.1 Å². The molecule has 0 radical (unpaired) electrons. The van der Waals surface area contributed by atoms with E-state index in [4.69, 9.17) is 4.74 Å². The normalized spacial score (nSPS) is 32.9. The van der Waals surface area contributed by atoms with Gasteiger partial charge in [-0.1, -0.05) is 6.07 Å². The van der Waals surface area contributed by atoms with Crippen molar-refractivity contribution in [3.8, 4) is 0 Å². The quantitative estimate of drug-likeness (QED) is 0.631. The number of nitrogens with one attached hydrogen (secondary N) is 1.